The fourth-order valence-electron chi connectivity index (χ4n) is 1.10. The lowest BCUT2D eigenvalue weighted by molar-refractivity contribution is -0.117. The number of nitrogens with zero attached hydrogens (tertiary/aromatic N) is 1. The summed E-state index contributed by atoms with van der Waals surface area (Å²) in [6, 6.07) is 7.29. The Morgan fingerprint density at radius 2 is 2.29 bits per heavy atom. The van der Waals surface area contributed by atoms with Gasteiger partial charge in [-0.3, -0.25) is 4.79 Å². The van der Waals surface area contributed by atoms with Crippen LogP contribution in [0.25, 0.3) is 0 Å². The Morgan fingerprint density at radius 3 is 2.93 bits per heavy atom. The first kappa shape index (κ1) is 10.6. The van der Waals surface area contributed by atoms with Crippen LogP contribution < -0.4 is 4.74 Å². The van der Waals surface area contributed by atoms with Crippen LogP contribution in [0.3, 0.4) is 0 Å². The normalized spacial score (nSPS) is 8.93. The minimum Gasteiger partial charge on any atom is -0.496 e. The molecule has 0 fully saturated rings. The first-order valence-electron chi connectivity index (χ1n) is 4.00. The molecule has 1 rings (SSSR count). The zero-order chi connectivity index (χ0) is 10.4. The van der Waals surface area contributed by atoms with E-state index in [0.29, 0.717) is 5.75 Å². The third-order valence-electron chi connectivity index (χ3n) is 1.70. The van der Waals surface area contributed by atoms with Crippen molar-refractivity contribution in [1.29, 1.82) is 0 Å². The molecule has 1 amide bonds. The first-order valence-corrected chi connectivity index (χ1v) is 4.41. The molecule has 0 bridgehead atoms. The smallest absolute Gasteiger partial charge is 0.259 e. The highest BCUT2D eigenvalue weighted by atomic mass is 32.1. The van der Waals surface area contributed by atoms with Crippen LogP contribution in [0.15, 0.2) is 29.3 Å². The predicted molar refractivity (Wildman–Crippen MR) is 56.7 cm³/mol. The molecule has 0 saturated heterocycles. The summed E-state index contributed by atoms with van der Waals surface area (Å²) in [5, 5.41) is 2.04. The summed E-state index contributed by atoms with van der Waals surface area (Å²) in [4.78, 5) is 14.5. The second-order valence-electron chi connectivity index (χ2n) is 2.59. The van der Waals surface area contributed by atoms with Gasteiger partial charge in [-0.25, -0.2) is 0 Å². The highest BCUT2D eigenvalue weighted by molar-refractivity contribution is 7.78. The molecule has 0 radical (unpaired) electrons. The number of ether oxygens (including phenoxy) is 1. The number of methoxy groups -OCH3 is 1. The molecular formula is C10H9NO2S. The van der Waals surface area contributed by atoms with Crippen molar-refractivity contribution in [2.24, 2.45) is 4.99 Å². The third kappa shape index (κ3) is 2.76. The number of aliphatic imine (C=N–C) groups is 1. The van der Waals surface area contributed by atoms with E-state index in [0.717, 1.165) is 5.56 Å². The van der Waals surface area contributed by atoms with E-state index >= 15 is 0 Å². The van der Waals surface area contributed by atoms with E-state index in [2.05, 4.69) is 17.2 Å². The number of thiocarbonyl (C=S) groups is 1. The molecule has 0 atom stereocenters. The van der Waals surface area contributed by atoms with Crippen LogP contribution in [-0.2, 0) is 11.2 Å². The summed E-state index contributed by atoms with van der Waals surface area (Å²) >= 11 is 4.34. The van der Waals surface area contributed by atoms with Crippen molar-refractivity contribution in [3.05, 3.63) is 29.8 Å². The van der Waals surface area contributed by atoms with Crippen molar-refractivity contribution < 1.29 is 9.53 Å². The van der Waals surface area contributed by atoms with Gasteiger partial charge in [-0.05, 0) is 18.3 Å². The van der Waals surface area contributed by atoms with E-state index in [-0.39, 0.29) is 12.3 Å². The molecule has 0 saturated carbocycles. The third-order valence-corrected chi connectivity index (χ3v) is 1.80. The van der Waals surface area contributed by atoms with E-state index in [9.17, 15) is 4.79 Å². The van der Waals surface area contributed by atoms with E-state index in [4.69, 9.17) is 4.74 Å². The van der Waals surface area contributed by atoms with Crippen molar-refractivity contribution in [3.63, 3.8) is 0 Å². The van der Waals surface area contributed by atoms with Crippen LogP contribution in [0.5, 0.6) is 5.75 Å². The molecule has 0 spiro atoms. The summed E-state index contributed by atoms with van der Waals surface area (Å²) in [5.41, 5.74) is 0.800. The summed E-state index contributed by atoms with van der Waals surface area (Å²) in [6.07, 6.45) is 0.188. The molecule has 1 aromatic rings. The maximum atomic E-state index is 11.1. The second kappa shape index (κ2) is 5.27. The monoisotopic (exact) mass is 207 g/mol. The standard InChI is InChI=1S/C10H9NO2S/c1-13-9-5-3-2-4-8(9)6-10(12)11-7-14/h2-5H,6H2,1H3. The molecular weight excluding hydrogens is 198 g/mol. The van der Waals surface area contributed by atoms with Crippen LogP contribution in [0.1, 0.15) is 5.56 Å². The van der Waals surface area contributed by atoms with E-state index < -0.39 is 0 Å². The Labute approximate surface area is 87.4 Å². The van der Waals surface area contributed by atoms with Crippen molar-refractivity contribution in [3.8, 4) is 5.75 Å². The minimum absolute atomic E-state index is 0.188. The molecule has 1 aromatic carbocycles. The summed E-state index contributed by atoms with van der Waals surface area (Å²) in [7, 11) is 1.56. The maximum absolute atomic E-state index is 11.1. The van der Waals surface area contributed by atoms with E-state index in [1.165, 1.54) is 0 Å². The minimum atomic E-state index is -0.315. The van der Waals surface area contributed by atoms with Gasteiger partial charge in [0.2, 0.25) is 0 Å². The Kier molecular flexibility index (Phi) is 3.98. The van der Waals surface area contributed by atoms with Gasteiger partial charge in [-0.2, -0.15) is 4.99 Å². The zero-order valence-electron chi connectivity index (χ0n) is 7.69. The number of hydrogen-bond donors (Lipinski definition) is 0. The first-order chi connectivity index (χ1) is 6.77. The van der Waals surface area contributed by atoms with Crippen molar-refractivity contribution in [2.75, 3.05) is 7.11 Å². The molecule has 0 unspecified atom stereocenters. The Balaban J connectivity index is 2.85. The topological polar surface area (TPSA) is 38.7 Å². The number of isothiocyanates is 1. The fraction of sp³-hybridized carbons (Fsp3) is 0.200. The fourth-order valence-corrected chi connectivity index (χ4v) is 1.20. The number of benzene rings is 1. The molecule has 4 heteroatoms. The van der Waals surface area contributed by atoms with Gasteiger partial charge < -0.3 is 4.74 Å². The number of carbonyl (C=O) groups is 1. The lowest BCUT2D eigenvalue weighted by Gasteiger charge is -2.04. The molecule has 0 aliphatic carbocycles. The summed E-state index contributed by atoms with van der Waals surface area (Å²) < 4.78 is 5.08. The number of carbonyl (C=O) groups excluding carboxylic acids is 1. The zero-order valence-corrected chi connectivity index (χ0v) is 8.50. The molecule has 3 nitrogen and oxygen atoms in total. The highest BCUT2D eigenvalue weighted by Crippen LogP contribution is 2.17. The second-order valence-corrected chi connectivity index (χ2v) is 2.77. The Hall–Kier alpha value is -1.51. The number of para-hydroxylation sites is 1. The molecule has 0 heterocycles. The SMILES string of the molecule is COc1ccccc1CC(=O)N=C=S. The molecule has 0 aliphatic rings. The van der Waals surface area contributed by atoms with Crippen LogP contribution in [-0.4, -0.2) is 18.2 Å². The van der Waals surface area contributed by atoms with Crippen LogP contribution in [0, 0.1) is 0 Å². The van der Waals surface area contributed by atoms with Gasteiger partial charge in [0.25, 0.3) is 5.91 Å². The number of rotatable bonds is 3. The average Bonchev–Trinajstić information content (AvgIpc) is 2.19. The highest BCUT2D eigenvalue weighted by Gasteiger charge is 2.06. The maximum Gasteiger partial charge on any atom is 0.259 e. The van der Waals surface area contributed by atoms with Gasteiger partial charge in [-0.15, -0.1) is 0 Å². The summed E-state index contributed by atoms with van der Waals surface area (Å²) in [5.74, 6) is 0.366. The Morgan fingerprint density at radius 1 is 1.57 bits per heavy atom. The molecule has 0 aromatic heterocycles. The van der Waals surface area contributed by atoms with Gasteiger partial charge in [0.15, 0.2) is 0 Å². The van der Waals surface area contributed by atoms with E-state index in [1.807, 2.05) is 23.4 Å². The molecule has 72 valence electrons. The van der Waals surface area contributed by atoms with Crippen molar-refractivity contribution in [1.82, 2.24) is 0 Å². The summed E-state index contributed by atoms with van der Waals surface area (Å²) in [6.45, 7) is 0. The van der Waals surface area contributed by atoms with Crippen LogP contribution in [0.4, 0.5) is 0 Å². The molecule has 0 N–H and O–H groups in total. The molecule has 0 aliphatic heterocycles. The lowest BCUT2D eigenvalue weighted by Crippen LogP contribution is -2.00. The lowest BCUT2D eigenvalue weighted by atomic mass is 10.1. The predicted octanol–water partition coefficient (Wildman–Crippen LogP) is 1.87. The quantitative estimate of drug-likeness (QED) is 0.561. The van der Waals surface area contributed by atoms with Crippen LogP contribution >= 0.6 is 12.2 Å². The Bertz CT molecular complexity index is 383. The van der Waals surface area contributed by atoms with Crippen LogP contribution in [0.2, 0.25) is 0 Å². The van der Waals surface area contributed by atoms with Gasteiger partial charge >= 0.3 is 0 Å². The largest absolute Gasteiger partial charge is 0.496 e. The number of hydrogen-bond acceptors (Lipinski definition) is 3. The van der Waals surface area contributed by atoms with E-state index in [1.54, 1.807) is 13.2 Å². The van der Waals surface area contributed by atoms with Crippen molar-refractivity contribution >= 4 is 23.3 Å². The van der Waals surface area contributed by atoms with Gasteiger partial charge in [0, 0.05) is 5.56 Å². The number of amides is 1. The van der Waals surface area contributed by atoms with Crippen molar-refractivity contribution in [2.45, 2.75) is 6.42 Å². The average molecular weight is 207 g/mol. The molecule has 14 heavy (non-hydrogen) atoms. The van der Waals surface area contributed by atoms with Gasteiger partial charge in [0.05, 0.1) is 18.7 Å². The van der Waals surface area contributed by atoms with Gasteiger partial charge in [0.1, 0.15) is 5.75 Å². The van der Waals surface area contributed by atoms with Gasteiger partial charge in [-0.1, -0.05) is 18.2 Å².